The van der Waals surface area contributed by atoms with Crippen molar-refractivity contribution in [2.45, 2.75) is 12.5 Å². The van der Waals surface area contributed by atoms with Gasteiger partial charge in [0, 0.05) is 42.4 Å². The average molecular weight is 304 g/mol. The molecule has 1 aliphatic rings. The van der Waals surface area contributed by atoms with Crippen LogP contribution in [0.3, 0.4) is 0 Å². The first-order chi connectivity index (χ1) is 10.1. The number of rotatable bonds is 3. The molecule has 0 radical (unpaired) electrons. The van der Waals surface area contributed by atoms with Gasteiger partial charge in [-0.25, -0.2) is 8.42 Å². The highest BCUT2D eigenvalue weighted by atomic mass is 32.2. The Labute approximate surface area is 123 Å². The molecule has 6 heteroatoms. The second kappa shape index (κ2) is 5.54. The predicted octanol–water partition coefficient (Wildman–Crippen LogP) is 1.19. The first-order valence-electron chi connectivity index (χ1n) is 6.85. The van der Waals surface area contributed by atoms with E-state index in [1.54, 1.807) is 12.4 Å². The number of carbonyl (C=O) groups is 1. The van der Waals surface area contributed by atoms with Gasteiger partial charge in [0.15, 0.2) is 15.6 Å². The number of aromatic nitrogens is 1. The van der Waals surface area contributed by atoms with Crippen molar-refractivity contribution >= 4 is 26.4 Å². The van der Waals surface area contributed by atoms with Crippen LogP contribution in [0.5, 0.6) is 0 Å². The largest absolute Gasteiger partial charge is 0.312 e. The van der Waals surface area contributed by atoms with Crippen LogP contribution >= 0.6 is 0 Å². The van der Waals surface area contributed by atoms with E-state index in [-0.39, 0.29) is 29.8 Å². The molecular weight excluding hydrogens is 288 g/mol. The summed E-state index contributed by atoms with van der Waals surface area (Å²) in [6, 6.07) is 7.25. The SMILES string of the molecule is O=C(CC1CS(=O)(=O)CCN1)c1cncc2ccccc12. The van der Waals surface area contributed by atoms with Gasteiger partial charge in [0.25, 0.3) is 0 Å². The van der Waals surface area contributed by atoms with Crippen molar-refractivity contribution in [3.8, 4) is 0 Å². The van der Waals surface area contributed by atoms with Crippen LogP contribution in [-0.4, -0.2) is 43.3 Å². The minimum atomic E-state index is -3.03. The number of ketones is 1. The molecule has 0 saturated carbocycles. The molecule has 1 saturated heterocycles. The van der Waals surface area contributed by atoms with E-state index in [4.69, 9.17) is 0 Å². The van der Waals surface area contributed by atoms with Gasteiger partial charge in [0.2, 0.25) is 0 Å². The molecular formula is C15H16N2O3S. The third-order valence-corrected chi connectivity index (χ3v) is 5.44. The van der Waals surface area contributed by atoms with Gasteiger partial charge in [0.1, 0.15) is 0 Å². The van der Waals surface area contributed by atoms with Gasteiger partial charge in [-0.2, -0.15) is 0 Å². The molecule has 1 aromatic heterocycles. The highest BCUT2D eigenvalue weighted by molar-refractivity contribution is 7.91. The smallest absolute Gasteiger partial charge is 0.166 e. The van der Waals surface area contributed by atoms with E-state index >= 15 is 0 Å². The highest BCUT2D eigenvalue weighted by Crippen LogP contribution is 2.19. The van der Waals surface area contributed by atoms with Crippen molar-refractivity contribution in [3.05, 3.63) is 42.2 Å². The van der Waals surface area contributed by atoms with E-state index < -0.39 is 9.84 Å². The summed E-state index contributed by atoms with van der Waals surface area (Å²) in [6.07, 6.45) is 3.45. The lowest BCUT2D eigenvalue weighted by Crippen LogP contribution is -2.46. The topological polar surface area (TPSA) is 76.1 Å². The Hall–Kier alpha value is -1.79. The highest BCUT2D eigenvalue weighted by Gasteiger charge is 2.26. The summed E-state index contributed by atoms with van der Waals surface area (Å²) in [5.41, 5.74) is 0.554. The second-order valence-electron chi connectivity index (χ2n) is 5.30. The predicted molar refractivity (Wildman–Crippen MR) is 81.1 cm³/mol. The van der Waals surface area contributed by atoms with Crippen molar-refractivity contribution in [1.29, 1.82) is 0 Å². The molecule has 2 aromatic rings. The van der Waals surface area contributed by atoms with E-state index in [2.05, 4.69) is 10.3 Å². The summed E-state index contributed by atoms with van der Waals surface area (Å²) >= 11 is 0. The Morgan fingerprint density at radius 3 is 2.90 bits per heavy atom. The van der Waals surface area contributed by atoms with Crippen LogP contribution in [0.15, 0.2) is 36.7 Å². The van der Waals surface area contributed by atoms with Crippen molar-refractivity contribution < 1.29 is 13.2 Å². The number of nitrogens with zero attached hydrogens (tertiary/aromatic N) is 1. The van der Waals surface area contributed by atoms with Crippen molar-refractivity contribution in [1.82, 2.24) is 10.3 Å². The van der Waals surface area contributed by atoms with E-state index in [9.17, 15) is 13.2 Å². The monoisotopic (exact) mass is 304 g/mol. The summed E-state index contributed by atoms with van der Waals surface area (Å²) in [5.74, 6) is 0.0960. The summed E-state index contributed by atoms with van der Waals surface area (Å²) < 4.78 is 23.3. The quantitative estimate of drug-likeness (QED) is 0.862. The summed E-state index contributed by atoms with van der Waals surface area (Å²) in [7, 11) is -3.03. The average Bonchev–Trinajstić information content (AvgIpc) is 2.45. The van der Waals surface area contributed by atoms with Gasteiger partial charge in [-0.3, -0.25) is 9.78 Å². The Morgan fingerprint density at radius 1 is 1.29 bits per heavy atom. The second-order valence-corrected chi connectivity index (χ2v) is 7.53. The first-order valence-corrected chi connectivity index (χ1v) is 8.67. The molecule has 1 aliphatic heterocycles. The molecule has 1 atom stereocenters. The standard InChI is InChI=1S/C15H16N2O3S/c18-15(7-12-10-21(19,20)6-5-17-12)14-9-16-8-11-3-1-2-4-13(11)14/h1-4,8-9,12,17H,5-7,10H2. The van der Waals surface area contributed by atoms with Crippen LogP contribution in [0.1, 0.15) is 16.8 Å². The van der Waals surface area contributed by atoms with Crippen LogP contribution in [0.25, 0.3) is 10.8 Å². The summed E-state index contributed by atoms with van der Waals surface area (Å²) in [5, 5.41) is 4.87. The molecule has 1 fully saturated rings. The van der Waals surface area contributed by atoms with Crippen LogP contribution in [-0.2, 0) is 9.84 Å². The van der Waals surface area contributed by atoms with Crippen LogP contribution < -0.4 is 5.32 Å². The summed E-state index contributed by atoms with van der Waals surface area (Å²) in [4.78, 5) is 16.6. The lowest BCUT2D eigenvalue weighted by atomic mass is 10.0. The minimum Gasteiger partial charge on any atom is -0.312 e. The van der Waals surface area contributed by atoms with Gasteiger partial charge in [-0.05, 0) is 5.39 Å². The van der Waals surface area contributed by atoms with E-state index in [0.717, 1.165) is 10.8 Å². The Bertz CT molecular complexity index is 781. The zero-order chi connectivity index (χ0) is 14.9. The third-order valence-electron chi connectivity index (χ3n) is 3.70. The van der Waals surface area contributed by atoms with Crippen LogP contribution in [0, 0.1) is 0 Å². The van der Waals surface area contributed by atoms with Crippen LogP contribution in [0.2, 0.25) is 0 Å². The van der Waals surface area contributed by atoms with Gasteiger partial charge in [-0.1, -0.05) is 24.3 Å². The zero-order valence-electron chi connectivity index (χ0n) is 11.5. The first kappa shape index (κ1) is 14.2. The Kier molecular flexibility index (Phi) is 3.73. The fraction of sp³-hybridized carbons (Fsp3) is 0.333. The lowest BCUT2D eigenvalue weighted by molar-refractivity contribution is 0.0973. The molecule has 0 aliphatic carbocycles. The fourth-order valence-electron chi connectivity index (χ4n) is 2.67. The number of fused-ring (bicyclic) bond motifs is 1. The summed E-state index contributed by atoms with van der Waals surface area (Å²) in [6.45, 7) is 0.411. The van der Waals surface area contributed by atoms with Gasteiger partial charge < -0.3 is 5.32 Å². The molecule has 1 unspecified atom stereocenters. The zero-order valence-corrected chi connectivity index (χ0v) is 12.3. The number of benzene rings is 1. The molecule has 0 bridgehead atoms. The van der Waals surface area contributed by atoms with E-state index in [1.165, 1.54) is 0 Å². The number of nitrogens with one attached hydrogen (secondary N) is 1. The number of hydrogen-bond donors (Lipinski definition) is 1. The van der Waals surface area contributed by atoms with E-state index in [1.807, 2.05) is 24.3 Å². The lowest BCUT2D eigenvalue weighted by Gasteiger charge is -2.23. The van der Waals surface area contributed by atoms with Gasteiger partial charge >= 0.3 is 0 Å². The maximum Gasteiger partial charge on any atom is 0.166 e. The maximum atomic E-state index is 12.5. The van der Waals surface area contributed by atoms with Gasteiger partial charge in [-0.15, -0.1) is 0 Å². The van der Waals surface area contributed by atoms with Crippen molar-refractivity contribution in [3.63, 3.8) is 0 Å². The fourth-order valence-corrected chi connectivity index (χ4v) is 4.12. The maximum absolute atomic E-state index is 12.5. The number of carbonyl (C=O) groups excluding carboxylic acids is 1. The molecule has 5 nitrogen and oxygen atoms in total. The molecule has 1 N–H and O–H groups in total. The third kappa shape index (κ3) is 3.11. The molecule has 0 amide bonds. The number of hydrogen-bond acceptors (Lipinski definition) is 5. The van der Waals surface area contributed by atoms with Crippen molar-refractivity contribution in [2.75, 3.05) is 18.1 Å². The van der Waals surface area contributed by atoms with Gasteiger partial charge in [0.05, 0.1) is 11.5 Å². The Morgan fingerprint density at radius 2 is 2.10 bits per heavy atom. The number of pyridine rings is 1. The molecule has 21 heavy (non-hydrogen) atoms. The minimum absolute atomic E-state index is 0.0247. The van der Waals surface area contributed by atoms with Crippen LogP contribution in [0.4, 0.5) is 0 Å². The normalized spacial score (nSPS) is 21.2. The molecule has 110 valence electrons. The van der Waals surface area contributed by atoms with Crippen molar-refractivity contribution in [2.24, 2.45) is 0 Å². The molecule has 1 aromatic carbocycles. The molecule has 2 heterocycles. The Balaban J connectivity index is 1.84. The van der Waals surface area contributed by atoms with E-state index in [0.29, 0.717) is 12.1 Å². The molecule has 0 spiro atoms. The molecule has 3 rings (SSSR count). The number of sulfone groups is 1. The number of Topliss-reactive ketones (excluding diaryl/α,β-unsaturated/α-hetero) is 1.